The topological polar surface area (TPSA) is 124 Å². The molecule has 0 saturated carbocycles. The van der Waals surface area contributed by atoms with Crippen molar-refractivity contribution in [2.24, 2.45) is 5.92 Å². The van der Waals surface area contributed by atoms with Crippen molar-refractivity contribution in [1.82, 2.24) is 10.2 Å². The van der Waals surface area contributed by atoms with Crippen molar-refractivity contribution in [3.63, 3.8) is 0 Å². The fraction of sp³-hybridized carbons (Fsp3) is 0.389. The highest BCUT2D eigenvalue weighted by Gasteiger charge is 2.45. The van der Waals surface area contributed by atoms with Gasteiger partial charge in [-0.15, -0.1) is 0 Å². The number of amides is 4. The number of carbonyl (C=O) groups excluding carboxylic acids is 4. The van der Waals surface area contributed by atoms with Gasteiger partial charge in [0.25, 0.3) is 11.8 Å². The molecule has 1 atom stereocenters. The Bertz CT molecular complexity index is 889. The SMILES string of the molecule is O=C(O)CC1CN(c2ccc3c(c2)C(=O)N(C2CCC(=O)NC2=O)C3=O)C1. The molecular weight excluding hydrogens is 354 g/mol. The van der Waals surface area contributed by atoms with Gasteiger partial charge in [-0.3, -0.25) is 34.2 Å². The molecule has 0 aliphatic carbocycles. The number of hydrogen-bond donors (Lipinski definition) is 2. The summed E-state index contributed by atoms with van der Waals surface area (Å²) in [6, 6.07) is 3.90. The lowest BCUT2D eigenvalue weighted by Crippen LogP contribution is -2.54. The maximum atomic E-state index is 12.8. The second kappa shape index (κ2) is 6.19. The van der Waals surface area contributed by atoms with Crippen LogP contribution in [0.3, 0.4) is 0 Å². The molecule has 2 N–H and O–H groups in total. The van der Waals surface area contributed by atoms with Gasteiger partial charge in [0, 0.05) is 31.1 Å². The third kappa shape index (κ3) is 2.84. The van der Waals surface area contributed by atoms with Crippen LogP contribution in [0.5, 0.6) is 0 Å². The number of carbonyl (C=O) groups is 5. The van der Waals surface area contributed by atoms with Gasteiger partial charge in [0.1, 0.15) is 6.04 Å². The zero-order valence-electron chi connectivity index (χ0n) is 14.3. The van der Waals surface area contributed by atoms with E-state index in [1.165, 1.54) is 0 Å². The van der Waals surface area contributed by atoms with Crippen molar-refractivity contribution in [2.45, 2.75) is 25.3 Å². The summed E-state index contributed by atoms with van der Waals surface area (Å²) in [7, 11) is 0. The predicted octanol–water partition coefficient (Wildman–Crippen LogP) is -0.00130. The first-order valence-electron chi connectivity index (χ1n) is 8.67. The third-order valence-corrected chi connectivity index (χ3v) is 5.21. The largest absolute Gasteiger partial charge is 0.481 e. The predicted molar refractivity (Wildman–Crippen MR) is 91.1 cm³/mol. The van der Waals surface area contributed by atoms with Crippen LogP contribution >= 0.6 is 0 Å². The first kappa shape index (κ1) is 17.2. The van der Waals surface area contributed by atoms with E-state index in [9.17, 15) is 24.0 Å². The Balaban J connectivity index is 1.53. The molecule has 0 radical (unpaired) electrons. The number of aliphatic carboxylic acids is 1. The summed E-state index contributed by atoms with van der Waals surface area (Å²) in [5.41, 5.74) is 1.20. The van der Waals surface area contributed by atoms with Gasteiger partial charge in [0.15, 0.2) is 0 Å². The molecule has 0 aromatic heterocycles. The minimum Gasteiger partial charge on any atom is -0.481 e. The molecule has 4 amide bonds. The number of carboxylic acid groups (broad SMARTS) is 1. The van der Waals surface area contributed by atoms with Crippen LogP contribution < -0.4 is 10.2 Å². The fourth-order valence-electron chi connectivity index (χ4n) is 3.81. The first-order chi connectivity index (χ1) is 12.8. The molecule has 3 heterocycles. The Morgan fingerprint density at radius 2 is 1.81 bits per heavy atom. The summed E-state index contributed by atoms with van der Waals surface area (Å²) in [5, 5.41) is 11.0. The molecule has 0 bridgehead atoms. The van der Waals surface area contributed by atoms with Crippen LogP contribution in [0, 0.1) is 5.92 Å². The number of piperidine rings is 1. The summed E-state index contributed by atoms with van der Waals surface area (Å²) < 4.78 is 0. The highest BCUT2D eigenvalue weighted by Crippen LogP contribution is 2.33. The monoisotopic (exact) mass is 371 g/mol. The highest BCUT2D eigenvalue weighted by molar-refractivity contribution is 6.23. The summed E-state index contributed by atoms with van der Waals surface area (Å²) in [5.74, 6) is -2.91. The van der Waals surface area contributed by atoms with Crippen LogP contribution in [0.1, 0.15) is 40.0 Å². The van der Waals surface area contributed by atoms with Crippen LogP contribution in [0.4, 0.5) is 5.69 Å². The lowest BCUT2D eigenvalue weighted by molar-refractivity contribution is -0.138. The van der Waals surface area contributed by atoms with Crippen LogP contribution in [0.15, 0.2) is 18.2 Å². The molecule has 2 saturated heterocycles. The molecule has 2 fully saturated rings. The number of benzene rings is 1. The molecule has 0 spiro atoms. The molecule has 140 valence electrons. The molecular formula is C18H17N3O6. The van der Waals surface area contributed by atoms with E-state index in [4.69, 9.17) is 5.11 Å². The van der Waals surface area contributed by atoms with Crippen LogP contribution in [0.25, 0.3) is 0 Å². The van der Waals surface area contributed by atoms with Gasteiger partial charge in [-0.1, -0.05) is 0 Å². The standard InChI is InChI=1S/C18H17N3O6/c22-14-4-3-13(16(25)19-14)21-17(26)11-2-1-10(6-12(11)18(21)27)20-7-9(8-20)5-15(23)24/h1-2,6,9,13H,3-5,7-8H2,(H,23,24)(H,19,22,25). The lowest BCUT2D eigenvalue weighted by Gasteiger charge is -2.40. The second-order valence-electron chi connectivity index (χ2n) is 7.05. The van der Waals surface area contributed by atoms with Gasteiger partial charge in [-0.25, -0.2) is 0 Å². The highest BCUT2D eigenvalue weighted by atomic mass is 16.4. The summed E-state index contributed by atoms with van der Waals surface area (Å²) in [4.78, 5) is 62.4. The van der Waals surface area contributed by atoms with Crippen molar-refractivity contribution in [2.75, 3.05) is 18.0 Å². The molecule has 3 aliphatic heterocycles. The smallest absolute Gasteiger partial charge is 0.303 e. The lowest BCUT2D eigenvalue weighted by atomic mass is 9.95. The van der Waals surface area contributed by atoms with Crippen LogP contribution in [-0.2, 0) is 14.4 Å². The average Bonchev–Trinajstić information content (AvgIpc) is 2.82. The van der Waals surface area contributed by atoms with Crippen molar-refractivity contribution in [3.05, 3.63) is 29.3 Å². The van der Waals surface area contributed by atoms with Gasteiger partial charge >= 0.3 is 5.97 Å². The molecule has 1 aromatic carbocycles. The quantitative estimate of drug-likeness (QED) is 0.714. The zero-order valence-corrected chi connectivity index (χ0v) is 14.3. The molecule has 27 heavy (non-hydrogen) atoms. The van der Waals surface area contributed by atoms with E-state index >= 15 is 0 Å². The van der Waals surface area contributed by atoms with E-state index < -0.39 is 35.6 Å². The Morgan fingerprint density at radius 1 is 1.11 bits per heavy atom. The maximum absolute atomic E-state index is 12.8. The summed E-state index contributed by atoms with van der Waals surface area (Å²) >= 11 is 0. The molecule has 9 nitrogen and oxygen atoms in total. The van der Waals surface area contributed by atoms with Crippen LogP contribution in [-0.4, -0.2) is 58.7 Å². The van der Waals surface area contributed by atoms with Crippen molar-refractivity contribution in [3.8, 4) is 0 Å². The second-order valence-corrected chi connectivity index (χ2v) is 7.05. The number of imide groups is 2. The number of anilines is 1. The van der Waals surface area contributed by atoms with Gasteiger partial charge in [-0.2, -0.15) is 0 Å². The summed E-state index contributed by atoms with van der Waals surface area (Å²) in [6.07, 6.45) is 0.294. The number of carboxylic acids is 1. The van der Waals surface area contributed by atoms with E-state index in [-0.39, 0.29) is 36.3 Å². The molecule has 1 aromatic rings. The van der Waals surface area contributed by atoms with E-state index in [1.807, 2.05) is 4.90 Å². The number of nitrogens with one attached hydrogen (secondary N) is 1. The van der Waals surface area contributed by atoms with Gasteiger partial charge < -0.3 is 10.0 Å². The van der Waals surface area contributed by atoms with Crippen molar-refractivity contribution >= 4 is 35.3 Å². The number of rotatable bonds is 4. The number of nitrogens with zero attached hydrogens (tertiary/aromatic N) is 2. The molecule has 1 unspecified atom stereocenters. The van der Waals surface area contributed by atoms with Crippen molar-refractivity contribution < 1.29 is 29.1 Å². The van der Waals surface area contributed by atoms with Gasteiger partial charge in [-0.05, 0) is 24.6 Å². The van der Waals surface area contributed by atoms with E-state index in [1.54, 1.807) is 18.2 Å². The minimum absolute atomic E-state index is 0.0630. The number of fused-ring (bicyclic) bond motifs is 1. The van der Waals surface area contributed by atoms with Gasteiger partial charge in [0.05, 0.1) is 17.5 Å². The van der Waals surface area contributed by atoms with E-state index in [0.717, 1.165) is 10.6 Å². The normalized spacial score (nSPS) is 22.6. The Morgan fingerprint density at radius 3 is 2.48 bits per heavy atom. The fourth-order valence-corrected chi connectivity index (χ4v) is 3.81. The Hall–Kier alpha value is -3.23. The molecule has 9 heteroatoms. The average molecular weight is 371 g/mol. The molecule has 4 rings (SSSR count). The first-order valence-corrected chi connectivity index (χ1v) is 8.67. The van der Waals surface area contributed by atoms with E-state index in [2.05, 4.69) is 5.32 Å². The van der Waals surface area contributed by atoms with Crippen molar-refractivity contribution in [1.29, 1.82) is 0 Å². The summed E-state index contributed by atoms with van der Waals surface area (Å²) in [6.45, 7) is 1.15. The zero-order chi connectivity index (χ0) is 19.3. The number of hydrogen-bond acceptors (Lipinski definition) is 6. The Kier molecular flexibility index (Phi) is 3.94. The third-order valence-electron chi connectivity index (χ3n) is 5.21. The Labute approximate surface area is 153 Å². The molecule has 3 aliphatic rings. The van der Waals surface area contributed by atoms with E-state index in [0.29, 0.717) is 13.1 Å². The maximum Gasteiger partial charge on any atom is 0.303 e. The minimum atomic E-state index is -0.984. The van der Waals surface area contributed by atoms with Crippen LogP contribution in [0.2, 0.25) is 0 Å². The van der Waals surface area contributed by atoms with Gasteiger partial charge in [0.2, 0.25) is 11.8 Å².